The molecule has 2 atom stereocenters. The van der Waals surface area contributed by atoms with E-state index in [1.807, 2.05) is 0 Å². The molecule has 116 valence electrons. The number of nitrogens with two attached hydrogens (primary N) is 1. The molecule has 4 heterocycles. The predicted octanol–water partition coefficient (Wildman–Crippen LogP) is 0.570. The van der Waals surface area contributed by atoms with E-state index in [2.05, 4.69) is 15.0 Å². The summed E-state index contributed by atoms with van der Waals surface area (Å²) < 4.78 is 16.7. The second-order valence-electron chi connectivity index (χ2n) is 6.34. The van der Waals surface area contributed by atoms with Crippen molar-refractivity contribution < 1.29 is 14.0 Å². The molecule has 0 aromatic carbocycles. The largest absolute Gasteiger partial charge is 0.381 e. The zero-order valence-electron chi connectivity index (χ0n) is 12.2. The number of aromatic nitrogens is 2. The summed E-state index contributed by atoms with van der Waals surface area (Å²) in [6.07, 6.45) is 3.82. The summed E-state index contributed by atoms with van der Waals surface area (Å²) in [6, 6.07) is 0.573. The van der Waals surface area contributed by atoms with Gasteiger partial charge < -0.3 is 19.7 Å². The summed E-state index contributed by atoms with van der Waals surface area (Å²) in [5, 5.41) is 4.12. The minimum atomic E-state index is -0.547. The smallest absolute Gasteiger partial charge is 0.247 e. The third-order valence-corrected chi connectivity index (χ3v) is 4.93. The average molecular weight is 294 g/mol. The lowest BCUT2D eigenvalue weighted by Gasteiger charge is -2.33. The Morgan fingerprint density at radius 2 is 2.14 bits per heavy atom. The first-order chi connectivity index (χ1) is 10.2. The van der Waals surface area contributed by atoms with Crippen molar-refractivity contribution in [3.05, 3.63) is 11.7 Å². The third kappa shape index (κ3) is 2.48. The lowest BCUT2D eigenvalue weighted by molar-refractivity contribution is -0.0548. The van der Waals surface area contributed by atoms with Crippen molar-refractivity contribution in [2.24, 2.45) is 5.73 Å². The highest BCUT2D eigenvalue weighted by Gasteiger charge is 2.39. The molecule has 0 radical (unpaired) electrons. The van der Waals surface area contributed by atoms with E-state index in [4.69, 9.17) is 19.7 Å². The van der Waals surface area contributed by atoms with Crippen molar-refractivity contribution in [3.63, 3.8) is 0 Å². The lowest BCUT2D eigenvalue weighted by Crippen LogP contribution is -2.43. The Morgan fingerprint density at radius 3 is 3.00 bits per heavy atom. The Labute approximate surface area is 123 Å². The first-order valence-electron chi connectivity index (χ1n) is 7.81. The van der Waals surface area contributed by atoms with Crippen LogP contribution in [0.25, 0.3) is 0 Å². The Kier molecular flexibility index (Phi) is 3.45. The highest BCUT2D eigenvalue weighted by atomic mass is 16.5. The van der Waals surface area contributed by atoms with Crippen LogP contribution in [0.5, 0.6) is 0 Å². The van der Waals surface area contributed by atoms with E-state index in [0.717, 1.165) is 19.7 Å². The molecule has 0 saturated carbocycles. The van der Waals surface area contributed by atoms with Crippen molar-refractivity contribution in [3.8, 4) is 0 Å². The van der Waals surface area contributed by atoms with Gasteiger partial charge in [0.2, 0.25) is 11.7 Å². The van der Waals surface area contributed by atoms with Crippen LogP contribution in [-0.4, -0.2) is 54.0 Å². The van der Waals surface area contributed by atoms with Crippen LogP contribution >= 0.6 is 0 Å². The van der Waals surface area contributed by atoms with Gasteiger partial charge in [0.1, 0.15) is 11.6 Å². The van der Waals surface area contributed by atoms with E-state index >= 15 is 0 Å². The molecule has 3 saturated heterocycles. The quantitative estimate of drug-likeness (QED) is 0.853. The summed E-state index contributed by atoms with van der Waals surface area (Å²) in [5.74, 6) is 1.15. The third-order valence-electron chi connectivity index (χ3n) is 4.93. The van der Waals surface area contributed by atoms with Crippen molar-refractivity contribution in [2.75, 3.05) is 32.9 Å². The number of morpholine rings is 1. The van der Waals surface area contributed by atoms with Crippen molar-refractivity contribution >= 4 is 0 Å². The van der Waals surface area contributed by atoms with Crippen molar-refractivity contribution in [1.29, 1.82) is 0 Å². The number of hydrogen-bond acceptors (Lipinski definition) is 7. The molecule has 0 aliphatic carbocycles. The summed E-state index contributed by atoms with van der Waals surface area (Å²) in [4.78, 5) is 7.00. The molecule has 2 N–H and O–H groups in total. The van der Waals surface area contributed by atoms with Crippen molar-refractivity contribution in [2.45, 2.75) is 43.4 Å². The molecule has 7 heteroatoms. The predicted molar refractivity (Wildman–Crippen MR) is 73.5 cm³/mol. The van der Waals surface area contributed by atoms with Crippen LogP contribution in [0.1, 0.15) is 43.5 Å². The van der Waals surface area contributed by atoms with Crippen LogP contribution in [0.2, 0.25) is 0 Å². The summed E-state index contributed by atoms with van der Waals surface area (Å²) in [5.41, 5.74) is 5.83. The first-order valence-corrected chi connectivity index (χ1v) is 7.81. The fraction of sp³-hybridized carbons (Fsp3) is 0.857. The maximum atomic E-state index is 6.38. The highest BCUT2D eigenvalue weighted by molar-refractivity contribution is 5.05. The van der Waals surface area contributed by atoms with Gasteiger partial charge in [0.05, 0.1) is 6.61 Å². The minimum Gasteiger partial charge on any atom is -0.381 e. The standard InChI is InChI=1S/C14H22N4O3/c15-14(3-6-19-7-4-14)13-16-12(17-21-13)11-8-18-5-1-2-10(18)9-20-11/h10-11H,1-9,15H2. The van der Waals surface area contributed by atoms with Crippen LogP contribution in [0.15, 0.2) is 4.52 Å². The molecule has 7 nitrogen and oxygen atoms in total. The first kappa shape index (κ1) is 13.6. The van der Waals surface area contributed by atoms with Gasteiger partial charge in [-0.15, -0.1) is 0 Å². The molecule has 1 aromatic heterocycles. The Bertz CT molecular complexity index is 500. The van der Waals surface area contributed by atoms with Crippen LogP contribution < -0.4 is 5.73 Å². The number of ether oxygens (including phenoxy) is 2. The van der Waals surface area contributed by atoms with E-state index in [1.165, 1.54) is 12.8 Å². The van der Waals surface area contributed by atoms with Crippen molar-refractivity contribution in [1.82, 2.24) is 15.0 Å². The van der Waals surface area contributed by atoms with E-state index in [0.29, 0.717) is 43.8 Å². The van der Waals surface area contributed by atoms with E-state index in [-0.39, 0.29) is 6.10 Å². The Morgan fingerprint density at radius 1 is 1.29 bits per heavy atom. The molecule has 3 aliphatic rings. The molecule has 0 amide bonds. The Hall–Kier alpha value is -1.02. The number of fused-ring (bicyclic) bond motifs is 1. The molecule has 4 rings (SSSR count). The Balaban J connectivity index is 1.49. The molecule has 1 aromatic rings. The molecule has 0 bridgehead atoms. The monoisotopic (exact) mass is 294 g/mol. The topological polar surface area (TPSA) is 86.6 Å². The fourth-order valence-electron chi connectivity index (χ4n) is 3.49. The van der Waals surface area contributed by atoms with Crippen LogP contribution in [-0.2, 0) is 15.0 Å². The summed E-state index contributed by atoms with van der Waals surface area (Å²) in [6.45, 7) is 4.04. The van der Waals surface area contributed by atoms with Gasteiger partial charge in [-0.25, -0.2) is 0 Å². The molecule has 0 spiro atoms. The van der Waals surface area contributed by atoms with Gasteiger partial charge in [0, 0.05) is 25.8 Å². The SMILES string of the molecule is NC1(c2nc(C3CN4CCCC4CO3)no2)CCOCC1. The number of hydrogen-bond donors (Lipinski definition) is 1. The zero-order valence-corrected chi connectivity index (χ0v) is 12.2. The van der Waals surface area contributed by atoms with Crippen LogP contribution in [0, 0.1) is 0 Å². The van der Waals surface area contributed by atoms with E-state index in [1.54, 1.807) is 0 Å². The fourth-order valence-corrected chi connectivity index (χ4v) is 3.49. The number of nitrogens with zero attached hydrogens (tertiary/aromatic N) is 3. The molecule has 2 unspecified atom stereocenters. The van der Waals surface area contributed by atoms with E-state index < -0.39 is 5.54 Å². The van der Waals surface area contributed by atoms with Gasteiger partial charge in [-0.3, -0.25) is 4.90 Å². The average Bonchev–Trinajstić information content (AvgIpc) is 3.17. The lowest BCUT2D eigenvalue weighted by atomic mass is 9.91. The summed E-state index contributed by atoms with van der Waals surface area (Å²) in [7, 11) is 0. The van der Waals surface area contributed by atoms with Gasteiger partial charge in [-0.2, -0.15) is 4.98 Å². The maximum Gasteiger partial charge on any atom is 0.247 e. The van der Waals surface area contributed by atoms with Gasteiger partial charge >= 0.3 is 0 Å². The van der Waals surface area contributed by atoms with Gasteiger partial charge in [-0.05, 0) is 32.2 Å². The second kappa shape index (κ2) is 5.31. The normalized spacial score (nSPS) is 33.0. The summed E-state index contributed by atoms with van der Waals surface area (Å²) >= 11 is 0. The van der Waals surface area contributed by atoms with Gasteiger partial charge in [0.25, 0.3) is 0 Å². The molecule has 3 fully saturated rings. The van der Waals surface area contributed by atoms with Gasteiger partial charge in [0.15, 0.2) is 0 Å². The molecule has 3 aliphatic heterocycles. The van der Waals surface area contributed by atoms with Gasteiger partial charge in [-0.1, -0.05) is 5.16 Å². The maximum absolute atomic E-state index is 6.38. The zero-order chi connectivity index (χ0) is 14.3. The highest BCUT2D eigenvalue weighted by Crippen LogP contribution is 2.32. The van der Waals surface area contributed by atoms with Crippen LogP contribution in [0.3, 0.4) is 0 Å². The van der Waals surface area contributed by atoms with Crippen LogP contribution in [0.4, 0.5) is 0 Å². The minimum absolute atomic E-state index is 0.0970. The second-order valence-corrected chi connectivity index (χ2v) is 6.34. The molecular weight excluding hydrogens is 272 g/mol. The van der Waals surface area contributed by atoms with E-state index in [9.17, 15) is 0 Å². The molecule has 21 heavy (non-hydrogen) atoms. The molecular formula is C14H22N4O3. The number of rotatable bonds is 2.